The Morgan fingerprint density at radius 2 is 1.89 bits per heavy atom. The second kappa shape index (κ2) is 8.11. The summed E-state index contributed by atoms with van der Waals surface area (Å²) < 4.78 is 5.63. The Balaban J connectivity index is 2.45. The number of benzene rings is 1. The van der Waals surface area contributed by atoms with Crippen molar-refractivity contribution >= 4 is 5.78 Å². The van der Waals surface area contributed by atoms with Gasteiger partial charge in [0.2, 0.25) is 0 Å². The van der Waals surface area contributed by atoms with Gasteiger partial charge in [-0.15, -0.1) is 0 Å². The van der Waals surface area contributed by atoms with Gasteiger partial charge in [0, 0.05) is 12.2 Å². The first-order valence-corrected chi connectivity index (χ1v) is 7.29. The van der Waals surface area contributed by atoms with E-state index in [4.69, 9.17) is 4.74 Å². The molecule has 1 rings (SSSR count). The van der Waals surface area contributed by atoms with E-state index in [0.29, 0.717) is 6.61 Å². The minimum Gasteiger partial charge on any atom is -0.370 e. The topological polar surface area (TPSA) is 26.3 Å². The zero-order valence-electron chi connectivity index (χ0n) is 12.7. The Hall–Kier alpha value is -1.15. The lowest BCUT2D eigenvalue weighted by Gasteiger charge is -2.13. The molecule has 0 spiro atoms. The third-order valence-electron chi connectivity index (χ3n) is 3.53. The Labute approximate surface area is 117 Å². The number of carbonyl (C=O) groups is 1. The van der Waals surface area contributed by atoms with Crippen molar-refractivity contribution in [2.75, 3.05) is 6.61 Å². The molecule has 0 N–H and O–H groups in total. The highest BCUT2D eigenvalue weighted by molar-refractivity contribution is 5.99. The number of ether oxygens (including phenoxy) is 1. The summed E-state index contributed by atoms with van der Waals surface area (Å²) in [7, 11) is 0. The molecule has 1 unspecified atom stereocenters. The fraction of sp³-hybridized carbons (Fsp3) is 0.588. The Kier molecular flexibility index (Phi) is 6.79. The van der Waals surface area contributed by atoms with Gasteiger partial charge in [-0.05, 0) is 44.4 Å². The first-order valence-electron chi connectivity index (χ1n) is 7.29. The minimum absolute atomic E-state index is 0.0820. The maximum atomic E-state index is 12.2. The van der Waals surface area contributed by atoms with Crippen molar-refractivity contribution in [2.45, 2.75) is 59.5 Å². The quantitative estimate of drug-likeness (QED) is 0.510. The van der Waals surface area contributed by atoms with Crippen LogP contribution in [0.25, 0.3) is 0 Å². The lowest BCUT2D eigenvalue weighted by molar-refractivity contribution is 0.0464. The van der Waals surface area contributed by atoms with Crippen molar-refractivity contribution in [3.63, 3.8) is 0 Å². The fourth-order valence-corrected chi connectivity index (χ4v) is 1.99. The molecule has 0 bridgehead atoms. The molecule has 1 atom stereocenters. The lowest BCUT2D eigenvalue weighted by atomic mass is 10.0. The summed E-state index contributed by atoms with van der Waals surface area (Å²) in [5.41, 5.74) is 3.12. The second-order valence-electron chi connectivity index (χ2n) is 5.24. The third kappa shape index (κ3) is 5.15. The molecule has 0 aliphatic carbocycles. The van der Waals surface area contributed by atoms with Crippen LogP contribution in [0.5, 0.6) is 0 Å². The molecule has 0 heterocycles. The molecule has 0 aliphatic heterocycles. The molecule has 2 nitrogen and oxygen atoms in total. The zero-order valence-corrected chi connectivity index (χ0v) is 12.7. The normalized spacial score (nSPS) is 12.4. The van der Waals surface area contributed by atoms with Crippen LogP contribution in [0, 0.1) is 13.8 Å². The van der Waals surface area contributed by atoms with Crippen molar-refractivity contribution in [3.8, 4) is 0 Å². The molecule has 0 fully saturated rings. The van der Waals surface area contributed by atoms with Crippen LogP contribution in [0.2, 0.25) is 0 Å². The van der Waals surface area contributed by atoms with E-state index in [1.54, 1.807) is 0 Å². The third-order valence-corrected chi connectivity index (χ3v) is 3.53. The number of unbranched alkanes of at least 4 members (excludes halogenated alkanes) is 3. The van der Waals surface area contributed by atoms with E-state index in [1.165, 1.54) is 24.8 Å². The van der Waals surface area contributed by atoms with Gasteiger partial charge in [-0.2, -0.15) is 0 Å². The number of hydrogen-bond donors (Lipinski definition) is 0. The SMILES string of the molecule is CCCCCCOC(C)C(=O)c1ccc(C)c(C)c1. The summed E-state index contributed by atoms with van der Waals surface area (Å²) in [6.45, 7) is 8.79. The van der Waals surface area contributed by atoms with E-state index in [1.807, 2.05) is 32.0 Å². The Morgan fingerprint density at radius 3 is 2.53 bits per heavy atom. The maximum Gasteiger partial charge on any atom is 0.191 e. The molecule has 0 amide bonds. The van der Waals surface area contributed by atoms with Crippen molar-refractivity contribution in [3.05, 3.63) is 34.9 Å². The first-order chi connectivity index (χ1) is 9.06. The van der Waals surface area contributed by atoms with E-state index in [-0.39, 0.29) is 11.9 Å². The maximum absolute atomic E-state index is 12.2. The van der Waals surface area contributed by atoms with Crippen LogP contribution >= 0.6 is 0 Å². The van der Waals surface area contributed by atoms with Gasteiger partial charge in [0.25, 0.3) is 0 Å². The number of aryl methyl sites for hydroxylation is 2. The minimum atomic E-state index is -0.344. The van der Waals surface area contributed by atoms with Crippen molar-refractivity contribution in [1.82, 2.24) is 0 Å². The summed E-state index contributed by atoms with van der Waals surface area (Å²) in [6, 6.07) is 5.84. The van der Waals surface area contributed by atoms with Crippen LogP contribution in [0.3, 0.4) is 0 Å². The van der Waals surface area contributed by atoms with Crippen LogP contribution in [-0.4, -0.2) is 18.5 Å². The molecule has 0 saturated carbocycles. The van der Waals surface area contributed by atoms with E-state index in [0.717, 1.165) is 17.5 Å². The second-order valence-corrected chi connectivity index (χ2v) is 5.24. The van der Waals surface area contributed by atoms with Crippen molar-refractivity contribution in [2.24, 2.45) is 0 Å². The first kappa shape index (κ1) is 15.9. The fourth-order valence-electron chi connectivity index (χ4n) is 1.99. The van der Waals surface area contributed by atoms with Crippen LogP contribution in [0.4, 0.5) is 0 Å². The molecule has 1 aromatic carbocycles. The average Bonchev–Trinajstić information content (AvgIpc) is 2.40. The smallest absolute Gasteiger partial charge is 0.191 e. The highest BCUT2D eigenvalue weighted by Gasteiger charge is 2.15. The monoisotopic (exact) mass is 262 g/mol. The van der Waals surface area contributed by atoms with E-state index in [2.05, 4.69) is 13.8 Å². The zero-order chi connectivity index (χ0) is 14.3. The Bertz CT molecular complexity index is 410. The van der Waals surface area contributed by atoms with E-state index >= 15 is 0 Å². The highest BCUT2D eigenvalue weighted by atomic mass is 16.5. The predicted molar refractivity (Wildman–Crippen MR) is 79.8 cm³/mol. The van der Waals surface area contributed by atoms with Gasteiger partial charge in [0.15, 0.2) is 5.78 Å². The average molecular weight is 262 g/mol. The molecular formula is C17H26O2. The Morgan fingerprint density at radius 1 is 1.16 bits per heavy atom. The van der Waals surface area contributed by atoms with Gasteiger partial charge in [-0.25, -0.2) is 0 Å². The molecule has 106 valence electrons. The number of rotatable bonds is 8. The molecule has 1 aromatic rings. The number of ketones is 1. The molecule has 0 aromatic heterocycles. The van der Waals surface area contributed by atoms with Gasteiger partial charge in [0.05, 0.1) is 0 Å². The van der Waals surface area contributed by atoms with Crippen LogP contribution < -0.4 is 0 Å². The highest BCUT2D eigenvalue weighted by Crippen LogP contribution is 2.13. The number of Topliss-reactive ketones (excluding diaryl/α,β-unsaturated/α-hetero) is 1. The number of hydrogen-bond acceptors (Lipinski definition) is 2. The summed E-state index contributed by atoms with van der Waals surface area (Å²) in [5, 5.41) is 0. The molecule has 2 heteroatoms. The van der Waals surface area contributed by atoms with Gasteiger partial charge < -0.3 is 4.74 Å². The van der Waals surface area contributed by atoms with Crippen LogP contribution in [0.1, 0.15) is 61.0 Å². The molecule has 0 aliphatic rings. The van der Waals surface area contributed by atoms with Crippen LogP contribution in [0.15, 0.2) is 18.2 Å². The van der Waals surface area contributed by atoms with E-state index in [9.17, 15) is 4.79 Å². The lowest BCUT2D eigenvalue weighted by Crippen LogP contribution is -2.21. The van der Waals surface area contributed by atoms with Crippen molar-refractivity contribution < 1.29 is 9.53 Å². The van der Waals surface area contributed by atoms with Gasteiger partial charge in [-0.3, -0.25) is 4.79 Å². The molecule has 0 saturated heterocycles. The summed E-state index contributed by atoms with van der Waals surface area (Å²) >= 11 is 0. The van der Waals surface area contributed by atoms with Crippen molar-refractivity contribution in [1.29, 1.82) is 0 Å². The summed E-state index contributed by atoms with van der Waals surface area (Å²) in [5.74, 6) is 0.0820. The van der Waals surface area contributed by atoms with Gasteiger partial charge in [-0.1, -0.05) is 38.3 Å². The van der Waals surface area contributed by atoms with Crippen LogP contribution in [-0.2, 0) is 4.74 Å². The summed E-state index contributed by atoms with van der Waals surface area (Å²) in [6.07, 6.45) is 4.34. The standard InChI is InChI=1S/C17H26O2/c1-5-6-7-8-11-19-15(4)17(18)16-10-9-13(2)14(3)12-16/h9-10,12,15H,5-8,11H2,1-4H3. The number of carbonyl (C=O) groups excluding carboxylic acids is 1. The molecule has 19 heavy (non-hydrogen) atoms. The predicted octanol–water partition coefficient (Wildman–Crippen LogP) is 4.47. The molecule has 0 radical (unpaired) electrons. The van der Waals surface area contributed by atoms with Gasteiger partial charge in [0.1, 0.15) is 6.10 Å². The van der Waals surface area contributed by atoms with Gasteiger partial charge >= 0.3 is 0 Å². The largest absolute Gasteiger partial charge is 0.370 e. The van der Waals surface area contributed by atoms with E-state index < -0.39 is 0 Å². The molecular weight excluding hydrogens is 236 g/mol. The summed E-state index contributed by atoms with van der Waals surface area (Å²) in [4.78, 5) is 12.2.